The normalized spacial score (nSPS) is 13.0. The van der Waals surface area contributed by atoms with Crippen LogP contribution < -0.4 is 5.32 Å². The van der Waals surface area contributed by atoms with E-state index >= 15 is 0 Å². The van der Waals surface area contributed by atoms with Crippen molar-refractivity contribution in [1.29, 1.82) is 0 Å². The molecular formula is C16H16FNS2. The third kappa shape index (κ3) is 2.28. The third-order valence-corrected chi connectivity index (χ3v) is 5.74. The minimum absolute atomic E-state index is 0.125. The van der Waals surface area contributed by atoms with Crippen molar-refractivity contribution in [2.45, 2.75) is 19.9 Å². The molecule has 0 fully saturated rings. The van der Waals surface area contributed by atoms with Gasteiger partial charge in [0.2, 0.25) is 0 Å². The zero-order valence-electron chi connectivity index (χ0n) is 11.7. The van der Waals surface area contributed by atoms with Crippen LogP contribution in [0.4, 0.5) is 4.39 Å². The maximum absolute atomic E-state index is 13.5. The smallest absolute Gasteiger partial charge is 0.123 e. The summed E-state index contributed by atoms with van der Waals surface area (Å²) in [5.74, 6) is -0.161. The SMILES string of the molecule is CNC(c1cc2sccc2s1)c1c(C)cc(F)cc1C. The summed E-state index contributed by atoms with van der Waals surface area (Å²) in [7, 11) is 1.96. The summed E-state index contributed by atoms with van der Waals surface area (Å²) >= 11 is 3.57. The molecule has 0 amide bonds. The first-order chi connectivity index (χ1) is 9.60. The average molecular weight is 305 g/mol. The molecule has 3 aromatic rings. The highest BCUT2D eigenvalue weighted by atomic mass is 32.1. The van der Waals surface area contributed by atoms with Crippen LogP contribution in [0.2, 0.25) is 0 Å². The lowest BCUT2D eigenvalue weighted by atomic mass is 9.95. The molecule has 1 atom stereocenters. The maximum Gasteiger partial charge on any atom is 0.123 e. The summed E-state index contributed by atoms with van der Waals surface area (Å²) in [6, 6.07) is 7.75. The number of halogens is 1. The lowest BCUT2D eigenvalue weighted by Gasteiger charge is -2.20. The van der Waals surface area contributed by atoms with Crippen molar-refractivity contribution in [3.8, 4) is 0 Å². The molecule has 20 heavy (non-hydrogen) atoms. The lowest BCUT2D eigenvalue weighted by molar-refractivity contribution is 0.619. The number of benzene rings is 1. The van der Waals surface area contributed by atoms with Gasteiger partial charge in [-0.3, -0.25) is 0 Å². The third-order valence-electron chi connectivity index (χ3n) is 3.58. The zero-order valence-corrected chi connectivity index (χ0v) is 13.3. The van der Waals surface area contributed by atoms with Crippen molar-refractivity contribution in [1.82, 2.24) is 5.32 Å². The molecule has 0 aliphatic carbocycles. The highest BCUT2D eigenvalue weighted by molar-refractivity contribution is 7.27. The first-order valence-corrected chi connectivity index (χ1v) is 8.20. The van der Waals surface area contributed by atoms with Gasteiger partial charge in [0, 0.05) is 14.3 Å². The Morgan fingerprint density at radius 2 is 1.80 bits per heavy atom. The Bertz CT molecular complexity index is 705. The molecule has 1 N–H and O–H groups in total. The van der Waals surface area contributed by atoms with Gasteiger partial charge < -0.3 is 5.32 Å². The summed E-state index contributed by atoms with van der Waals surface area (Å²) in [5.41, 5.74) is 3.18. The minimum Gasteiger partial charge on any atom is -0.309 e. The fourth-order valence-corrected chi connectivity index (χ4v) is 4.97. The Labute approximate surface area is 126 Å². The van der Waals surface area contributed by atoms with E-state index < -0.39 is 0 Å². The molecule has 1 unspecified atom stereocenters. The zero-order chi connectivity index (χ0) is 14.3. The Balaban J connectivity index is 2.12. The van der Waals surface area contributed by atoms with E-state index in [4.69, 9.17) is 0 Å². The van der Waals surface area contributed by atoms with E-state index in [9.17, 15) is 4.39 Å². The number of fused-ring (bicyclic) bond motifs is 1. The van der Waals surface area contributed by atoms with Crippen LogP contribution in [0.15, 0.2) is 29.6 Å². The Hall–Kier alpha value is -1.23. The van der Waals surface area contributed by atoms with E-state index in [0.29, 0.717) is 0 Å². The highest BCUT2D eigenvalue weighted by Crippen LogP contribution is 2.37. The second-order valence-electron chi connectivity index (χ2n) is 4.97. The summed E-state index contributed by atoms with van der Waals surface area (Å²) < 4.78 is 16.1. The van der Waals surface area contributed by atoms with Crippen molar-refractivity contribution in [2.24, 2.45) is 0 Å². The van der Waals surface area contributed by atoms with Crippen molar-refractivity contribution in [3.05, 3.63) is 57.0 Å². The molecule has 0 saturated carbocycles. The summed E-state index contributed by atoms with van der Waals surface area (Å²) in [6.07, 6.45) is 0. The number of aryl methyl sites for hydroxylation is 2. The summed E-state index contributed by atoms with van der Waals surface area (Å²) in [4.78, 5) is 1.28. The molecule has 1 aromatic carbocycles. The predicted molar refractivity (Wildman–Crippen MR) is 86.5 cm³/mol. The minimum atomic E-state index is -0.161. The van der Waals surface area contributed by atoms with Crippen LogP contribution in [-0.2, 0) is 0 Å². The van der Waals surface area contributed by atoms with Crippen LogP contribution in [0.5, 0.6) is 0 Å². The van der Waals surface area contributed by atoms with Crippen molar-refractivity contribution >= 4 is 32.1 Å². The molecule has 1 nitrogen and oxygen atoms in total. The molecule has 4 heteroatoms. The number of nitrogens with one attached hydrogen (secondary N) is 1. The molecule has 3 rings (SSSR count). The van der Waals surface area contributed by atoms with Gasteiger partial charge in [0.05, 0.1) is 6.04 Å². The van der Waals surface area contributed by atoms with Gasteiger partial charge in [-0.05, 0) is 67.2 Å². The van der Waals surface area contributed by atoms with E-state index in [-0.39, 0.29) is 11.9 Å². The summed E-state index contributed by atoms with van der Waals surface area (Å²) in [5, 5.41) is 5.50. The van der Waals surface area contributed by atoms with Gasteiger partial charge in [0.1, 0.15) is 5.82 Å². The number of hydrogen-bond donors (Lipinski definition) is 1. The largest absolute Gasteiger partial charge is 0.309 e. The highest BCUT2D eigenvalue weighted by Gasteiger charge is 2.20. The van der Waals surface area contributed by atoms with E-state index in [0.717, 1.165) is 11.1 Å². The van der Waals surface area contributed by atoms with Gasteiger partial charge in [0.15, 0.2) is 0 Å². The second-order valence-corrected chi connectivity index (χ2v) is 7.04. The van der Waals surface area contributed by atoms with Crippen LogP contribution in [0.1, 0.15) is 27.6 Å². The first kappa shape index (κ1) is 13.7. The molecule has 104 valence electrons. The van der Waals surface area contributed by atoms with Crippen LogP contribution in [0.25, 0.3) is 9.40 Å². The molecule has 0 spiro atoms. The standard InChI is InChI=1S/C16H16FNS2/c1-9-6-11(17)7-10(2)15(9)16(18-3)14-8-13-12(20-14)4-5-19-13/h4-8,16,18H,1-3H3. The van der Waals surface area contributed by atoms with E-state index in [1.165, 1.54) is 19.8 Å². The number of hydrogen-bond acceptors (Lipinski definition) is 3. The Morgan fingerprint density at radius 1 is 1.10 bits per heavy atom. The van der Waals surface area contributed by atoms with Gasteiger partial charge in [-0.1, -0.05) is 0 Å². The van der Waals surface area contributed by atoms with Crippen molar-refractivity contribution in [3.63, 3.8) is 0 Å². The quantitative estimate of drug-likeness (QED) is 0.716. The number of thiophene rings is 2. The van der Waals surface area contributed by atoms with Gasteiger partial charge in [-0.2, -0.15) is 0 Å². The van der Waals surface area contributed by atoms with Gasteiger partial charge >= 0.3 is 0 Å². The van der Waals surface area contributed by atoms with E-state index in [2.05, 4.69) is 22.8 Å². The monoisotopic (exact) mass is 305 g/mol. The molecule has 0 radical (unpaired) electrons. The molecule has 0 aliphatic rings. The van der Waals surface area contributed by atoms with Gasteiger partial charge in [-0.25, -0.2) is 4.39 Å². The van der Waals surface area contributed by atoms with Crippen LogP contribution in [0, 0.1) is 19.7 Å². The fourth-order valence-electron chi connectivity index (χ4n) is 2.73. The Morgan fingerprint density at radius 3 is 2.40 bits per heavy atom. The first-order valence-electron chi connectivity index (χ1n) is 6.51. The Kier molecular flexibility index (Phi) is 3.63. The van der Waals surface area contributed by atoms with E-state index in [1.807, 2.05) is 32.2 Å². The van der Waals surface area contributed by atoms with E-state index in [1.54, 1.807) is 23.5 Å². The van der Waals surface area contributed by atoms with Crippen LogP contribution >= 0.6 is 22.7 Å². The predicted octanol–water partition coefficient (Wildman–Crippen LogP) is 5.03. The van der Waals surface area contributed by atoms with Crippen LogP contribution in [0.3, 0.4) is 0 Å². The molecule has 0 aliphatic heterocycles. The van der Waals surface area contributed by atoms with Crippen LogP contribution in [-0.4, -0.2) is 7.05 Å². The molecule has 2 heterocycles. The molecule has 2 aromatic heterocycles. The fraction of sp³-hybridized carbons (Fsp3) is 0.250. The van der Waals surface area contributed by atoms with Gasteiger partial charge in [-0.15, -0.1) is 22.7 Å². The number of rotatable bonds is 3. The molecule has 0 bridgehead atoms. The van der Waals surface area contributed by atoms with Gasteiger partial charge in [0.25, 0.3) is 0 Å². The second kappa shape index (κ2) is 5.28. The van der Waals surface area contributed by atoms with Crippen molar-refractivity contribution < 1.29 is 4.39 Å². The molecular weight excluding hydrogens is 289 g/mol. The summed E-state index contributed by atoms with van der Waals surface area (Å²) in [6.45, 7) is 3.96. The lowest BCUT2D eigenvalue weighted by Crippen LogP contribution is -2.19. The average Bonchev–Trinajstić information content (AvgIpc) is 2.93. The topological polar surface area (TPSA) is 12.0 Å². The van der Waals surface area contributed by atoms with Crippen molar-refractivity contribution in [2.75, 3.05) is 7.05 Å². The molecule has 0 saturated heterocycles. The maximum atomic E-state index is 13.5.